The van der Waals surface area contributed by atoms with Crippen molar-refractivity contribution in [1.82, 2.24) is 24.8 Å². The molecular formula is C12H19N5O2S. The number of H-pyrrole nitrogens is 1. The van der Waals surface area contributed by atoms with E-state index in [1.54, 1.807) is 30.1 Å². The Hall–Kier alpha value is -1.64. The minimum Gasteiger partial charge on any atom is -0.363 e. The van der Waals surface area contributed by atoms with Gasteiger partial charge in [0.25, 0.3) is 0 Å². The van der Waals surface area contributed by atoms with E-state index >= 15 is 0 Å². The maximum Gasteiger partial charge on any atom is 0.242 e. The molecule has 3 N–H and O–H groups in total. The van der Waals surface area contributed by atoms with Crippen LogP contribution in [0, 0.1) is 0 Å². The number of sulfonamides is 1. The van der Waals surface area contributed by atoms with E-state index in [1.165, 1.54) is 6.20 Å². The lowest BCUT2D eigenvalue weighted by Crippen LogP contribution is -2.23. The monoisotopic (exact) mass is 297 g/mol. The van der Waals surface area contributed by atoms with Gasteiger partial charge in [-0.05, 0) is 18.7 Å². The van der Waals surface area contributed by atoms with Gasteiger partial charge in [0.05, 0.1) is 17.1 Å². The maximum absolute atomic E-state index is 12.1. The number of hydrogen-bond donors (Lipinski definition) is 3. The fourth-order valence-corrected chi connectivity index (χ4v) is 2.76. The minimum absolute atomic E-state index is 0.177. The van der Waals surface area contributed by atoms with Gasteiger partial charge in [-0.3, -0.25) is 4.68 Å². The zero-order chi connectivity index (χ0) is 14.6. The molecule has 0 aliphatic heterocycles. The summed E-state index contributed by atoms with van der Waals surface area (Å²) in [5.41, 5.74) is 1.52. The maximum atomic E-state index is 12.1. The molecule has 0 spiro atoms. The molecule has 0 radical (unpaired) electrons. The Morgan fingerprint density at radius 1 is 1.40 bits per heavy atom. The molecule has 20 heavy (non-hydrogen) atoms. The predicted molar refractivity (Wildman–Crippen MR) is 75.4 cm³/mol. The van der Waals surface area contributed by atoms with Crippen molar-refractivity contribution in [2.24, 2.45) is 7.05 Å². The van der Waals surface area contributed by atoms with E-state index in [4.69, 9.17) is 0 Å². The number of hydrogen-bond acceptors (Lipinski definition) is 4. The van der Waals surface area contributed by atoms with Gasteiger partial charge >= 0.3 is 0 Å². The van der Waals surface area contributed by atoms with E-state index in [-0.39, 0.29) is 11.4 Å². The molecule has 0 saturated heterocycles. The molecule has 0 unspecified atom stereocenters. The standard InChI is InChI=1S/C12H19N5O2S/c1-3-13-7-11-6-12(9-14-11)20(18,19)15-8-10-4-5-17(2)16-10/h4-6,9,13-15H,3,7-8H2,1-2H3. The van der Waals surface area contributed by atoms with Crippen molar-refractivity contribution in [3.63, 3.8) is 0 Å². The van der Waals surface area contributed by atoms with Crippen molar-refractivity contribution in [3.05, 3.63) is 35.9 Å². The number of aryl methyl sites for hydroxylation is 1. The van der Waals surface area contributed by atoms with Gasteiger partial charge in [0.1, 0.15) is 0 Å². The Morgan fingerprint density at radius 2 is 2.20 bits per heavy atom. The van der Waals surface area contributed by atoms with E-state index in [1.807, 2.05) is 6.92 Å². The summed E-state index contributed by atoms with van der Waals surface area (Å²) < 4.78 is 28.4. The van der Waals surface area contributed by atoms with Gasteiger partial charge in [-0.25, -0.2) is 13.1 Å². The second-order valence-corrected chi connectivity index (χ2v) is 6.21. The smallest absolute Gasteiger partial charge is 0.242 e. The molecule has 0 fully saturated rings. The molecular weight excluding hydrogens is 278 g/mol. The Morgan fingerprint density at radius 3 is 2.85 bits per heavy atom. The summed E-state index contributed by atoms with van der Waals surface area (Å²) in [6.45, 7) is 3.62. The van der Waals surface area contributed by atoms with Gasteiger partial charge in [0, 0.05) is 31.7 Å². The van der Waals surface area contributed by atoms with Crippen molar-refractivity contribution in [1.29, 1.82) is 0 Å². The van der Waals surface area contributed by atoms with Gasteiger partial charge in [-0.1, -0.05) is 6.92 Å². The molecule has 8 heteroatoms. The van der Waals surface area contributed by atoms with Crippen molar-refractivity contribution >= 4 is 10.0 Å². The van der Waals surface area contributed by atoms with E-state index < -0.39 is 10.0 Å². The van der Waals surface area contributed by atoms with E-state index in [9.17, 15) is 8.42 Å². The molecule has 2 aromatic heterocycles. The Kier molecular flexibility index (Phi) is 4.58. The lowest BCUT2D eigenvalue weighted by atomic mass is 10.4. The third-order valence-corrected chi connectivity index (χ3v) is 4.18. The van der Waals surface area contributed by atoms with Gasteiger partial charge < -0.3 is 10.3 Å². The van der Waals surface area contributed by atoms with Crippen LogP contribution in [0.3, 0.4) is 0 Å². The topological polar surface area (TPSA) is 91.8 Å². The van der Waals surface area contributed by atoms with Crippen LogP contribution in [0.5, 0.6) is 0 Å². The van der Waals surface area contributed by atoms with Gasteiger partial charge in [0.2, 0.25) is 10.0 Å². The van der Waals surface area contributed by atoms with Crippen LogP contribution in [-0.2, 0) is 30.2 Å². The van der Waals surface area contributed by atoms with Crippen LogP contribution in [0.15, 0.2) is 29.4 Å². The van der Waals surface area contributed by atoms with Gasteiger partial charge in [-0.15, -0.1) is 0 Å². The van der Waals surface area contributed by atoms with Crippen molar-refractivity contribution in [2.45, 2.75) is 24.9 Å². The highest BCUT2D eigenvalue weighted by Crippen LogP contribution is 2.11. The summed E-state index contributed by atoms with van der Waals surface area (Å²) in [6.07, 6.45) is 3.27. The summed E-state index contributed by atoms with van der Waals surface area (Å²) in [5.74, 6) is 0. The molecule has 2 aromatic rings. The van der Waals surface area contributed by atoms with Gasteiger partial charge in [-0.2, -0.15) is 5.10 Å². The van der Waals surface area contributed by atoms with E-state index in [2.05, 4.69) is 20.1 Å². The molecule has 0 aliphatic rings. The van der Waals surface area contributed by atoms with Gasteiger partial charge in [0.15, 0.2) is 0 Å². The molecule has 0 aliphatic carbocycles. The molecule has 0 aromatic carbocycles. The number of aromatic nitrogens is 3. The average molecular weight is 297 g/mol. The van der Waals surface area contributed by atoms with E-state index in [0.29, 0.717) is 12.2 Å². The first-order chi connectivity index (χ1) is 9.51. The van der Waals surface area contributed by atoms with E-state index in [0.717, 1.165) is 12.2 Å². The normalized spacial score (nSPS) is 11.9. The zero-order valence-electron chi connectivity index (χ0n) is 11.5. The highest BCUT2D eigenvalue weighted by atomic mass is 32.2. The van der Waals surface area contributed by atoms with Crippen LogP contribution >= 0.6 is 0 Å². The number of nitrogens with one attached hydrogen (secondary N) is 3. The Labute approximate surface area is 118 Å². The second kappa shape index (κ2) is 6.21. The molecule has 0 amide bonds. The quantitative estimate of drug-likeness (QED) is 0.687. The first-order valence-corrected chi connectivity index (χ1v) is 7.86. The van der Waals surface area contributed by atoms with Crippen LogP contribution < -0.4 is 10.0 Å². The SMILES string of the molecule is CCNCc1cc(S(=O)(=O)NCc2ccn(C)n2)c[nH]1. The van der Waals surface area contributed by atoms with Crippen molar-refractivity contribution in [2.75, 3.05) is 6.54 Å². The molecule has 0 bridgehead atoms. The molecule has 2 heterocycles. The number of rotatable bonds is 7. The van der Waals surface area contributed by atoms with Crippen LogP contribution in [0.25, 0.3) is 0 Å². The fraction of sp³-hybridized carbons (Fsp3) is 0.417. The van der Waals surface area contributed by atoms with Crippen LogP contribution in [0.4, 0.5) is 0 Å². The Balaban J connectivity index is 2.00. The van der Waals surface area contributed by atoms with Crippen LogP contribution in [-0.4, -0.2) is 29.7 Å². The molecule has 2 rings (SSSR count). The fourth-order valence-electron chi connectivity index (χ4n) is 1.75. The first kappa shape index (κ1) is 14.8. The third-order valence-electron chi connectivity index (χ3n) is 2.80. The van der Waals surface area contributed by atoms with Crippen molar-refractivity contribution < 1.29 is 8.42 Å². The van der Waals surface area contributed by atoms with Crippen molar-refractivity contribution in [3.8, 4) is 0 Å². The lowest BCUT2D eigenvalue weighted by Gasteiger charge is -2.02. The van der Waals surface area contributed by atoms with Crippen LogP contribution in [0.1, 0.15) is 18.3 Å². The number of aromatic amines is 1. The summed E-state index contributed by atoms with van der Waals surface area (Å²) in [7, 11) is -1.72. The highest BCUT2D eigenvalue weighted by molar-refractivity contribution is 7.89. The average Bonchev–Trinajstić information content (AvgIpc) is 3.03. The minimum atomic E-state index is -3.51. The molecule has 7 nitrogen and oxygen atoms in total. The zero-order valence-corrected chi connectivity index (χ0v) is 12.4. The largest absolute Gasteiger partial charge is 0.363 e. The molecule has 0 atom stereocenters. The first-order valence-electron chi connectivity index (χ1n) is 6.37. The predicted octanol–water partition coefficient (Wildman–Crippen LogP) is 0.336. The summed E-state index contributed by atoms with van der Waals surface area (Å²) in [5, 5.41) is 7.26. The third kappa shape index (κ3) is 3.69. The second-order valence-electron chi connectivity index (χ2n) is 4.45. The summed E-state index contributed by atoms with van der Waals surface area (Å²) >= 11 is 0. The lowest BCUT2D eigenvalue weighted by molar-refractivity contribution is 0.579. The summed E-state index contributed by atoms with van der Waals surface area (Å²) in [4.78, 5) is 3.18. The number of nitrogens with zero attached hydrogens (tertiary/aromatic N) is 2. The molecule has 110 valence electrons. The Bertz CT molecular complexity index is 659. The van der Waals surface area contributed by atoms with Crippen LogP contribution in [0.2, 0.25) is 0 Å². The molecule has 0 saturated carbocycles. The highest BCUT2D eigenvalue weighted by Gasteiger charge is 2.16. The summed E-state index contributed by atoms with van der Waals surface area (Å²) in [6, 6.07) is 3.40.